The quantitative estimate of drug-likeness (QED) is 0.661. The summed E-state index contributed by atoms with van der Waals surface area (Å²) < 4.78 is 41.8. The van der Waals surface area contributed by atoms with Crippen LogP contribution in [-0.2, 0) is 4.79 Å². The minimum Gasteiger partial charge on any atom is -0.395 e. The highest BCUT2D eigenvalue weighted by molar-refractivity contribution is 6.10. The Kier molecular flexibility index (Phi) is 7.00. The van der Waals surface area contributed by atoms with Crippen LogP contribution in [-0.4, -0.2) is 35.4 Å². The lowest BCUT2D eigenvalue weighted by Crippen LogP contribution is -2.58. The minimum absolute atomic E-state index is 0.0283. The summed E-state index contributed by atoms with van der Waals surface area (Å²) in [6.45, 7) is 3.45. The van der Waals surface area contributed by atoms with E-state index in [-0.39, 0.29) is 18.8 Å². The van der Waals surface area contributed by atoms with Gasteiger partial charge in [-0.3, -0.25) is 4.79 Å². The third-order valence-corrected chi connectivity index (χ3v) is 5.64. The number of amides is 1. The van der Waals surface area contributed by atoms with Crippen LogP contribution in [0.15, 0.2) is 47.6 Å². The molecule has 1 aliphatic heterocycles. The fourth-order valence-electron chi connectivity index (χ4n) is 3.96. The zero-order chi connectivity index (χ0) is 22.6. The summed E-state index contributed by atoms with van der Waals surface area (Å²) in [6.07, 6.45) is 2.23. The third kappa shape index (κ3) is 4.44. The van der Waals surface area contributed by atoms with Crippen molar-refractivity contribution in [3.63, 3.8) is 0 Å². The highest BCUT2D eigenvalue weighted by atomic mass is 19.1. The van der Waals surface area contributed by atoms with Crippen LogP contribution in [0.4, 0.5) is 18.9 Å². The fourth-order valence-corrected chi connectivity index (χ4v) is 3.96. The van der Waals surface area contributed by atoms with Crippen molar-refractivity contribution in [2.24, 2.45) is 11.0 Å². The summed E-state index contributed by atoms with van der Waals surface area (Å²) in [5.41, 5.74) is -0.235. The second-order valence-electron chi connectivity index (χ2n) is 7.72. The van der Waals surface area contributed by atoms with E-state index in [9.17, 15) is 18.0 Å². The van der Waals surface area contributed by atoms with E-state index < -0.39 is 34.8 Å². The van der Waals surface area contributed by atoms with Crippen LogP contribution in [0.5, 0.6) is 0 Å². The van der Waals surface area contributed by atoms with Crippen molar-refractivity contribution in [2.45, 2.75) is 38.6 Å². The molecular formula is C23H26F3N3O2. The second-order valence-corrected chi connectivity index (χ2v) is 7.72. The number of benzene rings is 2. The van der Waals surface area contributed by atoms with Gasteiger partial charge in [0, 0.05) is 18.5 Å². The standard InChI is InChI=1S/C23H26F3N3O2/c1-3-4-5-18-21(15-6-8-16(24)9-7-15)28-29(20-11-10-17(25)14-19(20)26)23(18,2)22(31)27-12-13-30/h6-11,14,18,30H,3-5,12-13H2,1-2H3,(H,27,31). The van der Waals surface area contributed by atoms with Crippen LogP contribution >= 0.6 is 0 Å². The molecule has 31 heavy (non-hydrogen) atoms. The number of rotatable bonds is 8. The number of nitrogens with zero attached hydrogens (tertiary/aromatic N) is 2. The first-order valence-electron chi connectivity index (χ1n) is 10.3. The summed E-state index contributed by atoms with van der Waals surface area (Å²) in [5, 5.41) is 17.7. The van der Waals surface area contributed by atoms with Crippen molar-refractivity contribution in [2.75, 3.05) is 18.2 Å². The molecule has 166 valence electrons. The molecule has 0 spiro atoms. The maximum atomic E-state index is 14.8. The van der Waals surface area contributed by atoms with E-state index >= 15 is 0 Å². The summed E-state index contributed by atoms with van der Waals surface area (Å²) in [5.74, 6) is -2.87. The molecule has 2 atom stereocenters. The van der Waals surface area contributed by atoms with Gasteiger partial charge in [-0.2, -0.15) is 5.10 Å². The fraction of sp³-hybridized carbons (Fsp3) is 0.391. The number of aliphatic hydroxyl groups is 1. The lowest BCUT2D eigenvalue weighted by atomic mass is 9.77. The van der Waals surface area contributed by atoms with Gasteiger partial charge in [0.15, 0.2) is 5.82 Å². The summed E-state index contributed by atoms with van der Waals surface area (Å²) in [6, 6.07) is 8.85. The van der Waals surface area contributed by atoms with Crippen LogP contribution in [0.3, 0.4) is 0 Å². The number of anilines is 1. The van der Waals surface area contributed by atoms with Crippen LogP contribution in [0.25, 0.3) is 0 Å². The topological polar surface area (TPSA) is 64.9 Å². The molecule has 0 aliphatic carbocycles. The molecule has 3 rings (SSSR count). The van der Waals surface area contributed by atoms with Crippen molar-refractivity contribution < 1.29 is 23.1 Å². The molecule has 2 N–H and O–H groups in total. The van der Waals surface area contributed by atoms with Crippen LogP contribution in [0.1, 0.15) is 38.7 Å². The molecule has 2 aromatic rings. The number of nitrogens with one attached hydrogen (secondary N) is 1. The molecule has 0 fully saturated rings. The van der Waals surface area contributed by atoms with Gasteiger partial charge in [-0.1, -0.05) is 31.9 Å². The van der Waals surface area contributed by atoms with Crippen molar-refractivity contribution in [1.82, 2.24) is 5.32 Å². The van der Waals surface area contributed by atoms with E-state index in [0.29, 0.717) is 17.7 Å². The maximum absolute atomic E-state index is 14.8. The number of carbonyl (C=O) groups is 1. The largest absolute Gasteiger partial charge is 0.395 e. The zero-order valence-electron chi connectivity index (χ0n) is 17.5. The normalized spacial score (nSPS) is 20.6. The van der Waals surface area contributed by atoms with Crippen molar-refractivity contribution in [1.29, 1.82) is 0 Å². The van der Waals surface area contributed by atoms with E-state index in [0.717, 1.165) is 25.0 Å². The molecule has 2 aromatic carbocycles. The predicted octanol–water partition coefficient (Wildman–Crippen LogP) is 4.00. The van der Waals surface area contributed by atoms with E-state index in [4.69, 9.17) is 5.11 Å². The molecule has 0 saturated carbocycles. The highest BCUT2D eigenvalue weighted by Gasteiger charge is 2.53. The number of hydrazone groups is 1. The van der Waals surface area contributed by atoms with Gasteiger partial charge in [0.25, 0.3) is 0 Å². The molecule has 8 heteroatoms. The number of unbranched alkanes of at least 4 members (excludes halogenated alkanes) is 1. The Balaban J connectivity index is 2.17. The Bertz CT molecular complexity index is 965. The third-order valence-electron chi connectivity index (χ3n) is 5.64. The Labute approximate surface area is 179 Å². The van der Waals surface area contributed by atoms with Gasteiger partial charge in [-0.25, -0.2) is 18.2 Å². The number of halogens is 3. The molecule has 1 aliphatic rings. The Morgan fingerprint density at radius 2 is 1.84 bits per heavy atom. The van der Waals surface area contributed by atoms with E-state index in [2.05, 4.69) is 10.4 Å². The molecular weight excluding hydrogens is 407 g/mol. The predicted molar refractivity (Wildman–Crippen MR) is 113 cm³/mol. The van der Waals surface area contributed by atoms with E-state index in [1.54, 1.807) is 19.1 Å². The van der Waals surface area contributed by atoms with Gasteiger partial charge in [-0.05, 0) is 43.2 Å². The molecule has 0 aromatic heterocycles. The number of hydrogen-bond donors (Lipinski definition) is 2. The van der Waals surface area contributed by atoms with Crippen LogP contribution in [0, 0.1) is 23.4 Å². The molecule has 0 saturated heterocycles. The summed E-state index contributed by atoms with van der Waals surface area (Å²) in [7, 11) is 0. The molecule has 1 heterocycles. The molecule has 2 unspecified atom stereocenters. The van der Waals surface area contributed by atoms with Crippen LogP contribution < -0.4 is 10.3 Å². The molecule has 0 bridgehead atoms. The molecule has 5 nitrogen and oxygen atoms in total. The number of hydrogen-bond acceptors (Lipinski definition) is 4. The van der Waals surface area contributed by atoms with E-state index in [1.165, 1.54) is 23.2 Å². The van der Waals surface area contributed by atoms with Gasteiger partial charge in [0.05, 0.1) is 18.0 Å². The van der Waals surface area contributed by atoms with Crippen LogP contribution in [0.2, 0.25) is 0 Å². The average Bonchev–Trinajstić information content (AvgIpc) is 3.04. The zero-order valence-corrected chi connectivity index (χ0v) is 17.5. The Morgan fingerprint density at radius 3 is 2.45 bits per heavy atom. The molecule has 1 amide bonds. The average molecular weight is 433 g/mol. The smallest absolute Gasteiger partial charge is 0.248 e. The Hall–Kier alpha value is -2.87. The first kappa shape index (κ1) is 22.8. The van der Waals surface area contributed by atoms with Gasteiger partial charge in [0.2, 0.25) is 5.91 Å². The monoisotopic (exact) mass is 433 g/mol. The first-order valence-corrected chi connectivity index (χ1v) is 10.3. The Morgan fingerprint density at radius 1 is 1.16 bits per heavy atom. The highest BCUT2D eigenvalue weighted by Crippen LogP contribution is 2.42. The minimum atomic E-state index is -1.34. The lowest BCUT2D eigenvalue weighted by molar-refractivity contribution is -0.126. The second kappa shape index (κ2) is 9.51. The van der Waals surface area contributed by atoms with Gasteiger partial charge in [-0.15, -0.1) is 0 Å². The maximum Gasteiger partial charge on any atom is 0.248 e. The summed E-state index contributed by atoms with van der Waals surface area (Å²) >= 11 is 0. The summed E-state index contributed by atoms with van der Waals surface area (Å²) in [4.78, 5) is 13.3. The van der Waals surface area contributed by atoms with Gasteiger partial charge < -0.3 is 10.4 Å². The van der Waals surface area contributed by atoms with E-state index in [1.807, 2.05) is 6.92 Å². The SMILES string of the molecule is CCCCC1C(c2ccc(F)cc2)=NN(c2ccc(F)cc2F)C1(C)C(=O)NCCO. The van der Waals surface area contributed by atoms with Gasteiger partial charge in [0.1, 0.15) is 17.2 Å². The number of aliphatic hydroxyl groups excluding tert-OH is 1. The first-order chi connectivity index (χ1) is 14.8. The van der Waals surface area contributed by atoms with Crippen molar-refractivity contribution in [3.05, 3.63) is 65.5 Å². The molecule has 0 radical (unpaired) electrons. The number of carbonyl (C=O) groups excluding carboxylic acids is 1. The lowest BCUT2D eigenvalue weighted by Gasteiger charge is -2.37. The van der Waals surface area contributed by atoms with Gasteiger partial charge >= 0.3 is 0 Å². The van der Waals surface area contributed by atoms with Crippen molar-refractivity contribution in [3.8, 4) is 0 Å². The van der Waals surface area contributed by atoms with Crippen molar-refractivity contribution >= 4 is 17.3 Å².